The molecule has 0 radical (unpaired) electrons. The molecule has 0 aliphatic heterocycles. The van der Waals surface area contributed by atoms with Gasteiger partial charge in [0.15, 0.2) is 6.10 Å². The summed E-state index contributed by atoms with van der Waals surface area (Å²) in [5.41, 5.74) is 1.24. The zero-order chi connectivity index (χ0) is 12.1. The lowest BCUT2D eigenvalue weighted by Crippen LogP contribution is -2.12. The number of nitrogens with zero attached hydrogens (tertiary/aromatic N) is 1. The van der Waals surface area contributed by atoms with E-state index in [1.54, 1.807) is 12.1 Å². The van der Waals surface area contributed by atoms with Gasteiger partial charge in [-0.25, -0.2) is 4.79 Å². The maximum absolute atomic E-state index is 10.7. The van der Waals surface area contributed by atoms with Gasteiger partial charge < -0.3 is 10.2 Å². The summed E-state index contributed by atoms with van der Waals surface area (Å²) in [6, 6.07) is 7.23. The number of aliphatic hydroxyl groups is 1. The first-order valence-electron chi connectivity index (χ1n) is 4.62. The van der Waals surface area contributed by atoms with Crippen LogP contribution >= 0.6 is 22.6 Å². The van der Waals surface area contributed by atoms with Crippen LogP contribution in [0.15, 0.2) is 18.2 Å². The molecule has 0 saturated carbocycles. The zero-order valence-corrected chi connectivity index (χ0v) is 10.5. The molecule has 5 heteroatoms. The van der Waals surface area contributed by atoms with Crippen LogP contribution in [0.4, 0.5) is 0 Å². The van der Waals surface area contributed by atoms with Crippen LogP contribution in [0.3, 0.4) is 0 Å². The maximum Gasteiger partial charge on any atom is 0.337 e. The molecule has 1 unspecified atom stereocenters. The first kappa shape index (κ1) is 12.9. The van der Waals surface area contributed by atoms with Crippen molar-refractivity contribution in [3.05, 3.63) is 32.9 Å². The Morgan fingerprint density at radius 2 is 2.25 bits per heavy atom. The van der Waals surface area contributed by atoms with Gasteiger partial charge in [-0.05, 0) is 40.6 Å². The lowest BCUT2D eigenvalue weighted by atomic mass is 10.0. The van der Waals surface area contributed by atoms with Crippen LogP contribution in [0.25, 0.3) is 0 Å². The highest BCUT2D eigenvalue weighted by molar-refractivity contribution is 14.1. The molecule has 1 aromatic carbocycles. The van der Waals surface area contributed by atoms with Crippen molar-refractivity contribution in [3.8, 4) is 6.07 Å². The number of aliphatic hydroxyl groups excluding tert-OH is 1. The van der Waals surface area contributed by atoms with Crippen LogP contribution in [0.1, 0.15) is 23.7 Å². The van der Waals surface area contributed by atoms with E-state index in [-0.39, 0.29) is 0 Å². The average molecular weight is 331 g/mol. The fourth-order valence-electron chi connectivity index (χ4n) is 1.29. The molecule has 0 bridgehead atoms. The highest BCUT2D eigenvalue weighted by Crippen LogP contribution is 2.22. The monoisotopic (exact) mass is 331 g/mol. The average Bonchev–Trinajstić information content (AvgIpc) is 2.27. The van der Waals surface area contributed by atoms with Gasteiger partial charge in [0, 0.05) is 15.6 Å². The number of aryl methyl sites for hydroxylation is 1. The summed E-state index contributed by atoms with van der Waals surface area (Å²) in [6.07, 6.45) is -0.565. The summed E-state index contributed by atoms with van der Waals surface area (Å²) in [5.74, 6) is -1.27. The van der Waals surface area contributed by atoms with Gasteiger partial charge >= 0.3 is 5.97 Å². The molecule has 0 saturated heterocycles. The molecule has 0 fully saturated rings. The molecule has 0 amide bonds. The van der Waals surface area contributed by atoms with Crippen molar-refractivity contribution < 1.29 is 15.0 Å². The molecule has 84 valence electrons. The van der Waals surface area contributed by atoms with Crippen LogP contribution in [0, 0.1) is 14.9 Å². The Labute approximate surface area is 107 Å². The molecule has 1 rings (SSSR count). The quantitative estimate of drug-likeness (QED) is 0.826. The van der Waals surface area contributed by atoms with E-state index in [4.69, 9.17) is 10.4 Å². The normalized spacial score (nSPS) is 11.8. The minimum Gasteiger partial charge on any atom is -0.479 e. The Kier molecular flexibility index (Phi) is 4.71. The molecule has 1 atom stereocenters. The second kappa shape index (κ2) is 5.82. The van der Waals surface area contributed by atoms with E-state index >= 15 is 0 Å². The summed E-state index contributed by atoms with van der Waals surface area (Å²) in [6.45, 7) is 0. The molecule has 0 aliphatic carbocycles. The Balaban J connectivity index is 2.99. The largest absolute Gasteiger partial charge is 0.479 e. The number of aliphatic carboxylic acids is 1. The Morgan fingerprint density at radius 1 is 1.56 bits per heavy atom. The lowest BCUT2D eigenvalue weighted by Gasteiger charge is -2.10. The van der Waals surface area contributed by atoms with Gasteiger partial charge in [0.1, 0.15) is 0 Å². The minimum atomic E-state index is -1.51. The fourth-order valence-corrected chi connectivity index (χ4v) is 1.92. The summed E-state index contributed by atoms with van der Waals surface area (Å²) in [4.78, 5) is 10.7. The van der Waals surface area contributed by atoms with Crippen molar-refractivity contribution in [2.24, 2.45) is 0 Å². The summed E-state index contributed by atoms with van der Waals surface area (Å²) in [5, 5.41) is 26.6. The second-order valence-corrected chi connectivity index (χ2v) is 4.42. The molecule has 0 aromatic heterocycles. The number of carbonyl (C=O) groups is 1. The van der Waals surface area contributed by atoms with E-state index in [1.807, 2.05) is 34.7 Å². The number of hydrogen-bond acceptors (Lipinski definition) is 3. The minimum absolute atomic E-state index is 0.378. The summed E-state index contributed by atoms with van der Waals surface area (Å²) >= 11 is 1.97. The van der Waals surface area contributed by atoms with Crippen molar-refractivity contribution in [2.75, 3.05) is 0 Å². The third kappa shape index (κ3) is 3.18. The van der Waals surface area contributed by atoms with Crippen LogP contribution in [-0.2, 0) is 11.2 Å². The molecule has 0 heterocycles. The van der Waals surface area contributed by atoms with Gasteiger partial charge in [0.05, 0.1) is 6.07 Å². The fraction of sp³-hybridized carbons (Fsp3) is 0.273. The molecule has 1 aromatic rings. The van der Waals surface area contributed by atoms with Gasteiger partial charge in [0.25, 0.3) is 0 Å². The predicted octanol–water partition coefficient (Wildman–Crippen LogP) is 1.87. The number of hydrogen-bond donors (Lipinski definition) is 2. The highest BCUT2D eigenvalue weighted by atomic mass is 127. The van der Waals surface area contributed by atoms with Crippen molar-refractivity contribution in [2.45, 2.75) is 18.9 Å². The van der Waals surface area contributed by atoms with Crippen LogP contribution < -0.4 is 0 Å². The first-order chi connectivity index (χ1) is 7.56. The van der Waals surface area contributed by atoms with Gasteiger partial charge in [0.2, 0.25) is 0 Å². The topological polar surface area (TPSA) is 81.3 Å². The zero-order valence-electron chi connectivity index (χ0n) is 8.35. The molecule has 2 N–H and O–H groups in total. The van der Waals surface area contributed by atoms with Crippen molar-refractivity contribution in [3.63, 3.8) is 0 Å². The SMILES string of the molecule is N#CCCc1ccc(I)c(C(O)C(=O)O)c1. The van der Waals surface area contributed by atoms with E-state index in [0.29, 0.717) is 22.0 Å². The Hall–Kier alpha value is -1.13. The Morgan fingerprint density at radius 3 is 2.81 bits per heavy atom. The molecular formula is C11H10INO3. The van der Waals surface area contributed by atoms with E-state index in [1.165, 1.54) is 0 Å². The summed E-state index contributed by atoms with van der Waals surface area (Å²) in [7, 11) is 0. The summed E-state index contributed by atoms with van der Waals surface area (Å²) < 4.78 is 0.702. The van der Waals surface area contributed by atoms with E-state index in [0.717, 1.165) is 5.56 Å². The van der Waals surface area contributed by atoms with Crippen molar-refractivity contribution in [1.82, 2.24) is 0 Å². The van der Waals surface area contributed by atoms with E-state index in [9.17, 15) is 9.90 Å². The number of benzene rings is 1. The second-order valence-electron chi connectivity index (χ2n) is 3.25. The molecule has 16 heavy (non-hydrogen) atoms. The standard InChI is InChI=1S/C11H10INO3/c12-9-4-3-7(2-1-5-13)6-8(9)10(14)11(15)16/h3-4,6,10,14H,1-2H2,(H,15,16). The predicted molar refractivity (Wildman–Crippen MR) is 65.7 cm³/mol. The first-order valence-corrected chi connectivity index (χ1v) is 5.70. The van der Waals surface area contributed by atoms with Crippen molar-refractivity contribution >= 4 is 28.6 Å². The van der Waals surface area contributed by atoms with Crippen molar-refractivity contribution in [1.29, 1.82) is 5.26 Å². The maximum atomic E-state index is 10.7. The van der Waals surface area contributed by atoms with Gasteiger partial charge in [-0.3, -0.25) is 0 Å². The van der Waals surface area contributed by atoms with Gasteiger partial charge in [-0.15, -0.1) is 0 Å². The lowest BCUT2D eigenvalue weighted by molar-refractivity contribution is -0.147. The van der Waals surface area contributed by atoms with E-state index < -0.39 is 12.1 Å². The smallest absolute Gasteiger partial charge is 0.337 e. The number of carboxylic acids is 1. The number of nitriles is 1. The highest BCUT2D eigenvalue weighted by Gasteiger charge is 2.18. The number of rotatable bonds is 4. The third-order valence-electron chi connectivity index (χ3n) is 2.11. The third-order valence-corrected chi connectivity index (χ3v) is 3.10. The van der Waals surface area contributed by atoms with Crippen LogP contribution in [0.5, 0.6) is 0 Å². The van der Waals surface area contributed by atoms with Gasteiger partial charge in [-0.1, -0.05) is 12.1 Å². The molecular weight excluding hydrogens is 321 g/mol. The molecule has 4 nitrogen and oxygen atoms in total. The number of halogens is 1. The van der Waals surface area contributed by atoms with Crippen LogP contribution in [-0.4, -0.2) is 16.2 Å². The van der Waals surface area contributed by atoms with Gasteiger partial charge in [-0.2, -0.15) is 5.26 Å². The number of carboxylic acid groups (broad SMARTS) is 1. The Bertz CT molecular complexity index is 439. The molecule has 0 aliphatic rings. The van der Waals surface area contributed by atoms with E-state index in [2.05, 4.69) is 0 Å². The van der Waals surface area contributed by atoms with Crippen LogP contribution in [0.2, 0.25) is 0 Å². The molecule has 0 spiro atoms.